The highest BCUT2D eigenvalue weighted by Gasteiger charge is 2.29. The second kappa shape index (κ2) is 6.37. The summed E-state index contributed by atoms with van der Waals surface area (Å²) in [6, 6.07) is 3.55. The molecule has 2 aromatic heterocycles. The zero-order valence-corrected chi connectivity index (χ0v) is 13.4. The first-order chi connectivity index (χ1) is 9.76. The Kier molecular flexibility index (Phi) is 4.95. The van der Waals surface area contributed by atoms with Gasteiger partial charge in [-0.2, -0.15) is 18.3 Å². The summed E-state index contributed by atoms with van der Waals surface area (Å²) in [4.78, 5) is 12.7. The molecule has 2 heterocycles. The molecule has 0 aliphatic carbocycles. The highest BCUT2D eigenvalue weighted by molar-refractivity contribution is 9.10. The largest absolute Gasteiger partial charge is 0.408 e. The number of thiophene rings is 1. The third-order valence-corrected chi connectivity index (χ3v) is 4.39. The van der Waals surface area contributed by atoms with Gasteiger partial charge in [0.05, 0.1) is 16.2 Å². The van der Waals surface area contributed by atoms with Crippen LogP contribution in [0.3, 0.4) is 0 Å². The van der Waals surface area contributed by atoms with E-state index in [2.05, 4.69) is 26.3 Å². The molecule has 10 heteroatoms. The molecule has 21 heavy (non-hydrogen) atoms. The molecule has 0 atom stereocenters. The summed E-state index contributed by atoms with van der Waals surface area (Å²) in [6.45, 7) is -1.04. The maximum absolute atomic E-state index is 12.3. The summed E-state index contributed by atoms with van der Waals surface area (Å²) in [5.74, 6) is 0. The SMILES string of the molecule is O=c1c(Br)c(NCc2ccc(Cl)s2)cnn1CC(F)(F)F. The first-order valence-corrected chi connectivity index (χ1v) is 7.55. The molecular weight excluding hydrogens is 395 g/mol. The molecule has 0 aliphatic rings. The average molecular weight is 403 g/mol. The van der Waals surface area contributed by atoms with Crippen LogP contribution in [0.25, 0.3) is 0 Å². The minimum absolute atomic E-state index is 0.00408. The first kappa shape index (κ1) is 16.3. The van der Waals surface area contributed by atoms with Gasteiger partial charge in [0, 0.05) is 11.4 Å². The zero-order valence-electron chi connectivity index (χ0n) is 10.2. The van der Waals surface area contributed by atoms with Gasteiger partial charge in [-0.3, -0.25) is 4.79 Å². The third-order valence-electron chi connectivity index (χ3n) is 2.40. The molecule has 0 amide bonds. The van der Waals surface area contributed by atoms with Crippen LogP contribution < -0.4 is 10.9 Å². The molecule has 0 saturated heterocycles. The van der Waals surface area contributed by atoms with Crippen molar-refractivity contribution in [2.75, 3.05) is 5.32 Å². The second-order valence-corrected chi connectivity index (χ2v) is 6.60. The van der Waals surface area contributed by atoms with Crippen molar-refractivity contribution in [3.05, 3.63) is 42.4 Å². The van der Waals surface area contributed by atoms with Gasteiger partial charge in [0.25, 0.3) is 5.56 Å². The van der Waals surface area contributed by atoms with Crippen LogP contribution in [0.2, 0.25) is 4.34 Å². The molecule has 0 bridgehead atoms. The minimum atomic E-state index is -4.50. The molecule has 0 radical (unpaired) electrons. The van der Waals surface area contributed by atoms with Crippen LogP contribution in [0.4, 0.5) is 18.9 Å². The smallest absolute Gasteiger partial charge is 0.378 e. The van der Waals surface area contributed by atoms with E-state index in [-0.39, 0.29) is 4.47 Å². The monoisotopic (exact) mass is 401 g/mol. The molecule has 0 unspecified atom stereocenters. The summed E-state index contributed by atoms with van der Waals surface area (Å²) in [5.41, 5.74) is -0.524. The topological polar surface area (TPSA) is 46.9 Å². The van der Waals surface area contributed by atoms with Gasteiger partial charge in [0.15, 0.2) is 0 Å². The van der Waals surface area contributed by atoms with Gasteiger partial charge >= 0.3 is 6.18 Å². The first-order valence-electron chi connectivity index (χ1n) is 5.57. The Bertz CT molecular complexity index is 701. The molecule has 4 nitrogen and oxygen atoms in total. The van der Waals surface area contributed by atoms with E-state index >= 15 is 0 Å². The molecular formula is C11H8BrClF3N3OS. The van der Waals surface area contributed by atoms with E-state index in [9.17, 15) is 18.0 Å². The zero-order chi connectivity index (χ0) is 15.6. The second-order valence-electron chi connectivity index (χ2n) is 4.01. The molecule has 0 saturated carbocycles. The van der Waals surface area contributed by atoms with Crippen molar-refractivity contribution < 1.29 is 13.2 Å². The number of hydrogen-bond donors (Lipinski definition) is 1. The Morgan fingerprint density at radius 1 is 1.43 bits per heavy atom. The van der Waals surface area contributed by atoms with E-state index in [1.807, 2.05) is 6.07 Å². The maximum atomic E-state index is 12.3. The van der Waals surface area contributed by atoms with Crippen LogP contribution in [0, 0.1) is 0 Å². The lowest BCUT2D eigenvalue weighted by Crippen LogP contribution is -2.31. The van der Waals surface area contributed by atoms with Crippen molar-refractivity contribution in [2.24, 2.45) is 0 Å². The van der Waals surface area contributed by atoms with Gasteiger partial charge in [-0.05, 0) is 28.1 Å². The summed E-state index contributed by atoms with van der Waals surface area (Å²) in [6.07, 6.45) is -3.33. The average Bonchev–Trinajstić information content (AvgIpc) is 2.79. The van der Waals surface area contributed by atoms with Crippen LogP contribution in [-0.4, -0.2) is 16.0 Å². The van der Waals surface area contributed by atoms with Crippen molar-refractivity contribution >= 4 is 44.6 Å². The van der Waals surface area contributed by atoms with E-state index in [0.29, 0.717) is 21.3 Å². The van der Waals surface area contributed by atoms with Crippen LogP contribution in [0.5, 0.6) is 0 Å². The van der Waals surface area contributed by atoms with Gasteiger partial charge in [-0.25, -0.2) is 4.68 Å². The summed E-state index contributed by atoms with van der Waals surface area (Å²) in [5, 5.41) is 6.43. The van der Waals surface area contributed by atoms with E-state index in [1.165, 1.54) is 17.5 Å². The summed E-state index contributed by atoms with van der Waals surface area (Å²) in [7, 11) is 0. The van der Waals surface area contributed by atoms with Gasteiger partial charge in [0.2, 0.25) is 0 Å². The van der Waals surface area contributed by atoms with Gasteiger partial charge in [-0.15, -0.1) is 11.3 Å². The van der Waals surface area contributed by atoms with Crippen LogP contribution >= 0.6 is 38.9 Å². The Morgan fingerprint density at radius 3 is 2.71 bits per heavy atom. The minimum Gasteiger partial charge on any atom is -0.378 e. The highest BCUT2D eigenvalue weighted by Crippen LogP contribution is 2.24. The van der Waals surface area contributed by atoms with Gasteiger partial charge in [-0.1, -0.05) is 11.6 Å². The summed E-state index contributed by atoms with van der Waals surface area (Å²) < 4.78 is 37.8. The van der Waals surface area contributed by atoms with Crippen molar-refractivity contribution in [2.45, 2.75) is 19.3 Å². The molecule has 0 spiro atoms. The number of nitrogens with zero attached hydrogens (tertiary/aromatic N) is 2. The number of nitrogens with one attached hydrogen (secondary N) is 1. The maximum Gasteiger partial charge on any atom is 0.408 e. The summed E-state index contributed by atoms with van der Waals surface area (Å²) >= 11 is 10.1. The van der Waals surface area contributed by atoms with Crippen LogP contribution in [-0.2, 0) is 13.1 Å². The molecule has 2 rings (SSSR count). The van der Waals surface area contributed by atoms with Crippen molar-refractivity contribution in [1.29, 1.82) is 0 Å². The van der Waals surface area contributed by atoms with E-state index in [1.54, 1.807) is 6.07 Å². The quantitative estimate of drug-likeness (QED) is 0.844. The number of hydrogen-bond acceptors (Lipinski definition) is 4. The molecule has 2 aromatic rings. The fraction of sp³-hybridized carbons (Fsp3) is 0.273. The standard InChI is InChI=1S/C11H8BrClF3N3OS/c12-9-7(17-3-6-1-2-8(13)21-6)4-18-19(10(9)20)5-11(14,15)16/h1-2,4,17H,3,5H2. The fourth-order valence-corrected chi connectivity index (χ4v) is 2.97. The van der Waals surface area contributed by atoms with Crippen molar-refractivity contribution in [3.63, 3.8) is 0 Å². The van der Waals surface area contributed by atoms with Crippen molar-refractivity contribution in [1.82, 2.24) is 9.78 Å². The molecule has 1 N–H and O–H groups in total. The number of halogens is 5. The van der Waals surface area contributed by atoms with E-state index < -0.39 is 18.3 Å². The number of rotatable bonds is 4. The predicted octanol–water partition coefficient (Wildman–Crippen LogP) is 3.90. The fourth-order valence-electron chi connectivity index (χ4n) is 1.50. The lowest BCUT2D eigenvalue weighted by molar-refractivity contribution is -0.143. The number of alkyl halides is 3. The van der Waals surface area contributed by atoms with Crippen LogP contribution in [0.15, 0.2) is 27.6 Å². The van der Waals surface area contributed by atoms with E-state index in [4.69, 9.17) is 11.6 Å². The lowest BCUT2D eigenvalue weighted by Gasteiger charge is -2.11. The number of anilines is 1. The Hall–Kier alpha value is -1.06. The predicted molar refractivity (Wildman–Crippen MR) is 78.9 cm³/mol. The molecule has 0 fully saturated rings. The Labute approximate surface area is 134 Å². The highest BCUT2D eigenvalue weighted by atomic mass is 79.9. The van der Waals surface area contributed by atoms with Crippen LogP contribution in [0.1, 0.15) is 4.88 Å². The normalized spacial score (nSPS) is 11.7. The Balaban J connectivity index is 2.15. The Morgan fingerprint density at radius 2 is 2.14 bits per heavy atom. The van der Waals surface area contributed by atoms with Gasteiger partial charge in [0.1, 0.15) is 11.0 Å². The molecule has 0 aromatic carbocycles. The molecule has 114 valence electrons. The molecule has 0 aliphatic heterocycles. The van der Waals surface area contributed by atoms with E-state index in [0.717, 1.165) is 4.88 Å². The number of aromatic nitrogens is 2. The third kappa shape index (κ3) is 4.45. The lowest BCUT2D eigenvalue weighted by atomic mass is 10.4. The van der Waals surface area contributed by atoms with Crippen molar-refractivity contribution in [3.8, 4) is 0 Å². The van der Waals surface area contributed by atoms with Gasteiger partial charge < -0.3 is 5.32 Å².